The number of halogens is 2. The van der Waals surface area contributed by atoms with Crippen molar-refractivity contribution in [1.82, 2.24) is 24.1 Å². The summed E-state index contributed by atoms with van der Waals surface area (Å²) < 4.78 is 28.6. The van der Waals surface area contributed by atoms with Crippen molar-refractivity contribution in [3.63, 3.8) is 0 Å². The first-order chi connectivity index (χ1) is 12.9. The van der Waals surface area contributed by atoms with Crippen molar-refractivity contribution in [2.75, 3.05) is 31.1 Å². The van der Waals surface area contributed by atoms with E-state index in [2.05, 4.69) is 15.3 Å². The maximum atomic E-state index is 12.7. The predicted molar refractivity (Wildman–Crippen MR) is 104 cm³/mol. The van der Waals surface area contributed by atoms with Gasteiger partial charge in [0.15, 0.2) is 5.65 Å². The summed E-state index contributed by atoms with van der Waals surface area (Å²) in [6, 6.07) is 8.59. The third-order valence-corrected chi connectivity index (χ3v) is 7.03. The molecule has 1 aliphatic heterocycles. The van der Waals surface area contributed by atoms with Crippen LogP contribution in [0.1, 0.15) is 5.56 Å². The fourth-order valence-corrected chi connectivity index (χ4v) is 4.84. The van der Waals surface area contributed by atoms with Gasteiger partial charge in [0.25, 0.3) is 0 Å². The minimum absolute atomic E-state index is 0.102. The Balaban J connectivity index is 1.43. The van der Waals surface area contributed by atoms with Crippen molar-refractivity contribution in [2.45, 2.75) is 5.75 Å². The van der Waals surface area contributed by atoms with Crippen molar-refractivity contribution < 1.29 is 8.42 Å². The van der Waals surface area contributed by atoms with Gasteiger partial charge >= 0.3 is 0 Å². The summed E-state index contributed by atoms with van der Waals surface area (Å²) in [7, 11) is -3.44. The van der Waals surface area contributed by atoms with Gasteiger partial charge in [-0.05, 0) is 29.8 Å². The van der Waals surface area contributed by atoms with Gasteiger partial charge in [0.05, 0.1) is 15.8 Å². The van der Waals surface area contributed by atoms with Gasteiger partial charge in [-0.2, -0.15) is 8.82 Å². The molecule has 3 heterocycles. The SMILES string of the molecule is O=S(=O)(Cc1ccc(Cl)c(Cl)c1)N1CCN(c2ccc3nncn3n2)CC1. The molecule has 1 aliphatic rings. The van der Waals surface area contributed by atoms with Crippen molar-refractivity contribution in [2.24, 2.45) is 0 Å². The van der Waals surface area contributed by atoms with Crippen molar-refractivity contribution in [3.05, 3.63) is 52.3 Å². The molecule has 8 nitrogen and oxygen atoms in total. The van der Waals surface area contributed by atoms with E-state index in [9.17, 15) is 8.42 Å². The number of nitrogens with zero attached hydrogens (tertiary/aromatic N) is 6. The highest BCUT2D eigenvalue weighted by Gasteiger charge is 2.28. The number of hydrogen-bond acceptors (Lipinski definition) is 6. The lowest BCUT2D eigenvalue weighted by molar-refractivity contribution is 0.383. The van der Waals surface area contributed by atoms with Crippen LogP contribution in [0.2, 0.25) is 10.0 Å². The predicted octanol–water partition coefficient (Wildman–Crippen LogP) is 2.08. The normalized spacial score (nSPS) is 16.1. The van der Waals surface area contributed by atoms with Crippen LogP contribution in [0, 0.1) is 0 Å². The third-order valence-electron chi connectivity index (χ3n) is 4.44. The monoisotopic (exact) mass is 426 g/mol. The fraction of sp³-hybridized carbons (Fsp3) is 0.312. The maximum absolute atomic E-state index is 12.7. The van der Waals surface area contributed by atoms with Gasteiger partial charge < -0.3 is 4.90 Å². The highest BCUT2D eigenvalue weighted by molar-refractivity contribution is 7.88. The first-order valence-corrected chi connectivity index (χ1v) is 10.6. The molecule has 0 spiro atoms. The zero-order chi connectivity index (χ0) is 19.0. The van der Waals surface area contributed by atoms with E-state index in [-0.39, 0.29) is 5.75 Å². The molecule has 0 radical (unpaired) electrons. The van der Waals surface area contributed by atoms with Crippen molar-refractivity contribution in [1.29, 1.82) is 0 Å². The van der Waals surface area contributed by atoms with Crippen LogP contribution in [0.15, 0.2) is 36.7 Å². The Bertz CT molecular complexity index is 1080. The number of piperazine rings is 1. The van der Waals surface area contributed by atoms with E-state index in [1.165, 1.54) is 10.6 Å². The summed E-state index contributed by atoms with van der Waals surface area (Å²) in [4.78, 5) is 2.05. The number of fused-ring (bicyclic) bond motifs is 1. The molecule has 2 aromatic heterocycles. The Kier molecular flexibility index (Phi) is 4.94. The molecule has 0 aliphatic carbocycles. The van der Waals surface area contributed by atoms with Gasteiger partial charge in [-0.25, -0.2) is 8.42 Å². The minimum Gasteiger partial charge on any atom is -0.353 e. The van der Waals surface area contributed by atoms with E-state index in [1.807, 2.05) is 17.0 Å². The molecule has 27 heavy (non-hydrogen) atoms. The van der Waals surface area contributed by atoms with Gasteiger partial charge in [0, 0.05) is 26.2 Å². The molecule has 4 rings (SSSR count). The maximum Gasteiger partial charge on any atom is 0.218 e. The highest BCUT2D eigenvalue weighted by atomic mass is 35.5. The molecule has 3 aromatic rings. The average Bonchev–Trinajstić information content (AvgIpc) is 3.12. The molecule has 0 N–H and O–H groups in total. The van der Waals surface area contributed by atoms with Gasteiger partial charge in [-0.1, -0.05) is 29.3 Å². The Hall–Kier alpha value is -1.94. The Morgan fingerprint density at radius 2 is 1.78 bits per heavy atom. The quantitative estimate of drug-likeness (QED) is 0.634. The molecule has 0 bridgehead atoms. The average molecular weight is 427 g/mol. The molecule has 1 aromatic carbocycles. The topological polar surface area (TPSA) is 83.7 Å². The molecule has 0 atom stereocenters. The highest BCUT2D eigenvalue weighted by Crippen LogP contribution is 2.24. The smallest absolute Gasteiger partial charge is 0.218 e. The summed E-state index contributed by atoms with van der Waals surface area (Å²) in [6.45, 7) is 1.90. The molecular weight excluding hydrogens is 411 g/mol. The zero-order valence-electron chi connectivity index (χ0n) is 14.2. The van der Waals surface area contributed by atoms with Gasteiger partial charge in [0.1, 0.15) is 12.1 Å². The number of sulfonamides is 1. The summed E-state index contributed by atoms with van der Waals surface area (Å²) >= 11 is 11.9. The van der Waals surface area contributed by atoms with Crippen LogP contribution in [0.4, 0.5) is 5.82 Å². The van der Waals surface area contributed by atoms with E-state index in [4.69, 9.17) is 23.2 Å². The first-order valence-electron chi connectivity index (χ1n) is 8.26. The standard InChI is InChI=1S/C16H16Cl2N6O2S/c17-13-2-1-12(9-14(13)18)10-27(25,26)23-7-5-22(6-8-23)16-4-3-15-20-19-11-24(15)21-16/h1-4,9,11H,5-8,10H2. The Morgan fingerprint density at radius 1 is 1.00 bits per heavy atom. The molecule has 1 saturated heterocycles. The molecular formula is C16H16Cl2N6O2S. The van der Waals surface area contributed by atoms with Crippen LogP contribution in [-0.2, 0) is 15.8 Å². The molecule has 11 heteroatoms. The molecule has 1 fully saturated rings. The second-order valence-electron chi connectivity index (χ2n) is 6.22. The van der Waals surface area contributed by atoms with E-state index in [0.29, 0.717) is 47.4 Å². The number of benzene rings is 1. The molecule has 142 valence electrons. The summed E-state index contributed by atoms with van der Waals surface area (Å²) in [5, 5.41) is 12.9. The largest absolute Gasteiger partial charge is 0.353 e. The van der Waals surface area contributed by atoms with Crippen LogP contribution in [0.5, 0.6) is 0 Å². The van der Waals surface area contributed by atoms with Gasteiger partial charge in [0.2, 0.25) is 10.0 Å². The second kappa shape index (κ2) is 7.23. The number of anilines is 1. The summed E-state index contributed by atoms with van der Waals surface area (Å²) in [5.74, 6) is 0.665. The van der Waals surface area contributed by atoms with Gasteiger partial charge in [-0.15, -0.1) is 15.3 Å². The summed E-state index contributed by atoms with van der Waals surface area (Å²) in [5.41, 5.74) is 1.29. The first kappa shape index (κ1) is 18.4. The number of rotatable bonds is 4. The molecule has 0 unspecified atom stereocenters. The minimum atomic E-state index is -3.44. The Morgan fingerprint density at radius 3 is 2.52 bits per heavy atom. The van der Waals surface area contributed by atoms with Crippen LogP contribution >= 0.6 is 23.2 Å². The lowest BCUT2D eigenvalue weighted by atomic mass is 10.2. The number of hydrogen-bond donors (Lipinski definition) is 0. The van der Waals surface area contributed by atoms with E-state index < -0.39 is 10.0 Å². The third kappa shape index (κ3) is 3.86. The number of aromatic nitrogens is 4. The van der Waals surface area contributed by atoms with E-state index in [1.54, 1.807) is 22.7 Å². The second-order valence-corrected chi connectivity index (χ2v) is 9.00. The Labute approximate surface area is 166 Å². The zero-order valence-corrected chi connectivity index (χ0v) is 16.5. The van der Waals surface area contributed by atoms with Crippen LogP contribution in [0.25, 0.3) is 5.65 Å². The van der Waals surface area contributed by atoms with Crippen LogP contribution in [-0.4, -0.2) is 58.7 Å². The molecule has 0 saturated carbocycles. The molecule has 0 amide bonds. The van der Waals surface area contributed by atoms with E-state index >= 15 is 0 Å². The van der Waals surface area contributed by atoms with Crippen molar-refractivity contribution >= 4 is 44.7 Å². The lowest BCUT2D eigenvalue weighted by Gasteiger charge is -2.34. The fourth-order valence-electron chi connectivity index (χ4n) is 3.01. The van der Waals surface area contributed by atoms with Crippen LogP contribution in [0.3, 0.4) is 0 Å². The van der Waals surface area contributed by atoms with Gasteiger partial charge in [-0.3, -0.25) is 0 Å². The van der Waals surface area contributed by atoms with E-state index in [0.717, 1.165) is 5.82 Å². The van der Waals surface area contributed by atoms with Crippen molar-refractivity contribution in [3.8, 4) is 0 Å². The van der Waals surface area contributed by atoms with Crippen LogP contribution < -0.4 is 4.90 Å². The lowest BCUT2D eigenvalue weighted by Crippen LogP contribution is -2.49. The summed E-state index contributed by atoms with van der Waals surface area (Å²) in [6.07, 6.45) is 1.54.